The maximum atomic E-state index is 4.04. The molecule has 0 aliphatic carbocycles. The molecule has 0 fully saturated rings. The Morgan fingerprint density at radius 3 is 2.65 bits per heavy atom. The molecule has 20 heavy (non-hydrogen) atoms. The second-order valence-electron chi connectivity index (χ2n) is 5.35. The summed E-state index contributed by atoms with van der Waals surface area (Å²) in [7, 11) is 0. The molecule has 0 saturated carbocycles. The van der Waals surface area contributed by atoms with Gasteiger partial charge in [0, 0.05) is 29.3 Å². The highest BCUT2D eigenvalue weighted by atomic mass is 79.9. The Bertz CT molecular complexity index is 443. The van der Waals surface area contributed by atoms with E-state index in [1.165, 1.54) is 16.8 Å². The first-order valence-corrected chi connectivity index (χ1v) is 8.21. The number of nitrogens with one attached hydrogen (secondary N) is 1. The van der Waals surface area contributed by atoms with Gasteiger partial charge in [0.25, 0.3) is 0 Å². The predicted molar refractivity (Wildman–Crippen MR) is 93.6 cm³/mol. The monoisotopic (exact) mass is 338 g/mol. The minimum Gasteiger partial charge on any atom is -0.368 e. The van der Waals surface area contributed by atoms with Gasteiger partial charge in [-0.25, -0.2) is 0 Å². The third kappa shape index (κ3) is 4.95. The Morgan fingerprint density at radius 2 is 2.10 bits per heavy atom. The summed E-state index contributed by atoms with van der Waals surface area (Å²) in [4.78, 5) is 2.38. The fourth-order valence-corrected chi connectivity index (χ4v) is 2.70. The molecule has 112 valence electrons. The van der Waals surface area contributed by atoms with Gasteiger partial charge in [0.1, 0.15) is 0 Å². The fourth-order valence-electron chi connectivity index (χ4n) is 2.32. The van der Waals surface area contributed by atoms with Crippen LogP contribution in [0.4, 0.5) is 5.69 Å². The van der Waals surface area contributed by atoms with E-state index in [1.54, 1.807) is 0 Å². The Kier molecular flexibility index (Phi) is 7.31. The number of halogens is 1. The molecule has 0 aliphatic heterocycles. The van der Waals surface area contributed by atoms with Crippen LogP contribution in [0.15, 0.2) is 34.8 Å². The molecule has 3 heteroatoms. The van der Waals surface area contributed by atoms with Gasteiger partial charge in [-0.1, -0.05) is 35.0 Å². The van der Waals surface area contributed by atoms with E-state index in [1.807, 2.05) is 0 Å². The molecule has 1 aromatic rings. The molecule has 0 aromatic heterocycles. The van der Waals surface area contributed by atoms with Crippen molar-refractivity contribution in [3.8, 4) is 0 Å². The molecule has 1 unspecified atom stereocenters. The molecule has 1 atom stereocenters. The van der Waals surface area contributed by atoms with Gasteiger partial charge in [-0.2, -0.15) is 0 Å². The Hall–Kier alpha value is -0.800. The molecule has 0 radical (unpaired) electrons. The van der Waals surface area contributed by atoms with Crippen molar-refractivity contribution in [1.82, 2.24) is 5.32 Å². The third-order valence-electron chi connectivity index (χ3n) is 3.34. The van der Waals surface area contributed by atoms with Crippen LogP contribution in [0.1, 0.15) is 45.7 Å². The van der Waals surface area contributed by atoms with Crippen LogP contribution in [0.3, 0.4) is 0 Å². The Labute approximate surface area is 132 Å². The lowest BCUT2D eigenvalue weighted by Crippen LogP contribution is -2.28. The highest BCUT2D eigenvalue weighted by Gasteiger charge is 2.15. The van der Waals surface area contributed by atoms with Gasteiger partial charge in [-0.3, -0.25) is 0 Å². The van der Waals surface area contributed by atoms with Crippen molar-refractivity contribution in [2.45, 2.75) is 40.2 Å². The van der Waals surface area contributed by atoms with E-state index >= 15 is 0 Å². The van der Waals surface area contributed by atoms with Gasteiger partial charge in [0.05, 0.1) is 0 Å². The Balaban J connectivity index is 3.07. The zero-order valence-corrected chi connectivity index (χ0v) is 14.8. The molecule has 0 bridgehead atoms. The quantitative estimate of drug-likeness (QED) is 0.677. The zero-order valence-electron chi connectivity index (χ0n) is 13.2. The summed E-state index contributed by atoms with van der Waals surface area (Å²) in [6.45, 7) is 15.7. The van der Waals surface area contributed by atoms with Crippen LogP contribution >= 0.6 is 15.9 Å². The first-order chi connectivity index (χ1) is 9.49. The van der Waals surface area contributed by atoms with Crippen molar-refractivity contribution in [3.63, 3.8) is 0 Å². The molecular formula is C17H27BrN2. The van der Waals surface area contributed by atoms with E-state index in [0.717, 1.165) is 30.5 Å². The van der Waals surface area contributed by atoms with Gasteiger partial charge in [0.2, 0.25) is 0 Å². The Morgan fingerprint density at radius 1 is 1.40 bits per heavy atom. The molecule has 1 N–H and O–H groups in total. The SMILES string of the molecule is C=C(C)CN(CC)c1ccc(Br)cc1C(C)NCCC. The fraction of sp³-hybridized carbons (Fsp3) is 0.529. The lowest BCUT2D eigenvalue weighted by molar-refractivity contribution is 0.569. The van der Waals surface area contributed by atoms with Gasteiger partial charge in [-0.05, 0) is 57.5 Å². The second-order valence-corrected chi connectivity index (χ2v) is 6.27. The van der Waals surface area contributed by atoms with Crippen molar-refractivity contribution in [3.05, 3.63) is 40.4 Å². The summed E-state index contributed by atoms with van der Waals surface area (Å²) < 4.78 is 1.13. The zero-order chi connectivity index (χ0) is 15.1. The molecule has 2 nitrogen and oxygen atoms in total. The predicted octanol–water partition coefficient (Wildman–Crippen LogP) is 4.91. The van der Waals surface area contributed by atoms with Crippen molar-refractivity contribution < 1.29 is 0 Å². The summed E-state index contributed by atoms with van der Waals surface area (Å²) in [5.41, 5.74) is 3.83. The van der Waals surface area contributed by atoms with Crippen molar-refractivity contribution >= 4 is 21.6 Å². The van der Waals surface area contributed by atoms with Crippen LogP contribution in [0.2, 0.25) is 0 Å². The van der Waals surface area contributed by atoms with E-state index < -0.39 is 0 Å². The normalized spacial score (nSPS) is 12.2. The minimum absolute atomic E-state index is 0.349. The largest absolute Gasteiger partial charge is 0.368 e. The van der Waals surface area contributed by atoms with Crippen LogP contribution in [0.5, 0.6) is 0 Å². The van der Waals surface area contributed by atoms with Gasteiger partial charge < -0.3 is 10.2 Å². The topological polar surface area (TPSA) is 15.3 Å². The van der Waals surface area contributed by atoms with Gasteiger partial charge in [0.15, 0.2) is 0 Å². The number of nitrogens with zero attached hydrogens (tertiary/aromatic N) is 1. The maximum absolute atomic E-state index is 4.04. The lowest BCUT2D eigenvalue weighted by Gasteiger charge is -2.28. The van der Waals surface area contributed by atoms with Crippen LogP contribution in [-0.4, -0.2) is 19.6 Å². The third-order valence-corrected chi connectivity index (χ3v) is 3.83. The first kappa shape index (κ1) is 17.3. The van der Waals surface area contributed by atoms with E-state index in [2.05, 4.69) is 78.6 Å². The van der Waals surface area contributed by atoms with E-state index in [4.69, 9.17) is 0 Å². The molecule has 1 aromatic carbocycles. The molecule has 1 rings (SSSR count). The molecule has 0 saturated heterocycles. The summed E-state index contributed by atoms with van der Waals surface area (Å²) in [5, 5.41) is 3.58. The molecule has 0 amide bonds. The number of anilines is 1. The first-order valence-electron chi connectivity index (χ1n) is 7.41. The molecule has 0 heterocycles. The molecule has 0 aliphatic rings. The molecule has 0 spiro atoms. The number of likely N-dealkylation sites (N-methyl/N-ethyl adjacent to an activating group) is 1. The van der Waals surface area contributed by atoms with E-state index in [-0.39, 0.29) is 0 Å². The highest BCUT2D eigenvalue weighted by Crippen LogP contribution is 2.30. The van der Waals surface area contributed by atoms with Gasteiger partial charge in [-0.15, -0.1) is 0 Å². The summed E-state index contributed by atoms with van der Waals surface area (Å²) >= 11 is 3.59. The second kappa shape index (κ2) is 8.48. The molecular weight excluding hydrogens is 312 g/mol. The van der Waals surface area contributed by atoms with Crippen LogP contribution in [0.25, 0.3) is 0 Å². The summed E-state index contributed by atoms with van der Waals surface area (Å²) in [6, 6.07) is 6.90. The van der Waals surface area contributed by atoms with Crippen molar-refractivity contribution in [2.24, 2.45) is 0 Å². The van der Waals surface area contributed by atoms with Crippen LogP contribution < -0.4 is 10.2 Å². The van der Waals surface area contributed by atoms with E-state index in [9.17, 15) is 0 Å². The standard InChI is InChI=1S/C17H27BrN2/c1-6-10-19-14(5)16-11-15(18)8-9-17(16)20(7-2)12-13(3)4/h8-9,11,14,19H,3,6-7,10,12H2,1-2,4-5H3. The average molecular weight is 339 g/mol. The van der Waals surface area contributed by atoms with Crippen LogP contribution in [-0.2, 0) is 0 Å². The van der Waals surface area contributed by atoms with Gasteiger partial charge >= 0.3 is 0 Å². The van der Waals surface area contributed by atoms with Crippen molar-refractivity contribution in [2.75, 3.05) is 24.5 Å². The summed E-state index contributed by atoms with van der Waals surface area (Å²) in [5.74, 6) is 0. The summed E-state index contributed by atoms with van der Waals surface area (Å²) in [6.07, 6.45) is 1.15. The lowest BCUT2D eigenvalue weighted by atomic mass is 10.0. The number of hydrogen-bond donors (Lipinski definition) is 1. The highest BCUT2D eigenvalue weighted by molar-refractivity contribution is 9.10. The van der Waals surface area contributed by atoms with Crippen LogP contribution in [0, 0.1) is 0 Å². The maximum Gasteiger partial charge on any atom is 0.0418 e. The van der Waals surface area contributed by atoms with E-state index in [0.29, 0.717) is 6.04 Å². The average Bonchev–Trinajstić information content (AvgIpc) is 2.42. The van der Waals surface area contributed by atoms with Crippen molar-refractivity contribution in [1.29, 1.82) is 0 Å². The number of rotatable bonds is 8. The number of benzene rings is 1. The number of hydrogen-bond acceptors (Lipinski definition) is 2. The smallest absolute Gasteiger partial charge is 0.0418 e. The minimum atomic E-state index is 0.349.